The van der Waals surface area contributed by atoms with E-state index in [-0.39, 0.29) is 16.1 Å². The van der Waals surface area contributed by atoms with E-state index >= 15 is 0 Å². The molecule has 2 rings (SSSR count). The lowest BCUT2D eigenvalue weighted by Gasteiger charge is -2.03. The van der Waals surface area contributed by atoms with Crippen LogP contribution in [0, 0.1) is 18.6 Å². The molecule has 1 aromatic heterocycles. The molecular weight excluding hydrogens is 208 g/mol. The van der Waals surface area contributed by atoms with Gasteiger partial charge in [-0.2, -0.15) is 0 Å². The summed E-state index contributed by atoms with van der Waals surface area (Å²) in [5.74, 6) is -1.06. The fraction of sp³-hybridized carbons (Fsp3) is 0.100. The highest BCUT2D eigenvalue weighted by atomic mass is 35.5. The van der Waals surface area contributed by atoms with E-state index in [1.165, 1.54) is 6.07 Å². The third kappa shape index (κ3) is 1.34. The predicted octanol–water partition coefficient (Wildman–Crippen LogP) is 3.47. The first-order chi connectivity index (χ1) is 6.59. The number of aromatic nitrogens is 1. The summed E-state index contributed by atoms with van der Waals surface area (Å²) >= 11 is 5.71. The molecule has 0 aliphatic rings. The van der Waals surface area contributed by atoms with Gasteiger partial charge >= 0.3 is 0 Å². The lowest BCUT2D eigenvalue weighted by molar-refractivity contribution is 0.615. The van der Waals surface area contributed by atoms with Crippen LogP contribution in [0.5, 0.6) is 0 Å². The van der Waals surface area contributed by atoms with Crippen LogP contribution in [0.3, 0.4) is 0 Å². The number of halogens is 3. The van der Waals surface area contributed by atoms with Crippen LogP contribution in [0.15, 0.2) is 18.2 Å². The third-order valence-electron chi connectivity index (χ3n) is 2.01. The number of hydrogen-bond donors (Lipinski definition) is 0. The standard InChI is InChI=1S/C10H6ClF2N/c1-5-4-6-7(12)2-3-8(13)9(6)14-10(5)11/h2-4H,1H3. The van der Waals surface area contributed by atoms with E-state index < -0.39 is 11.6 Å². The maximum atomic E-state index is 13.2. The molecular formula is C10H6ClF2N. The molecule has 0 N–H and O–H groups in total. The molecule has 1 aromatic carbocycles. The predicted molar refractivity (Wildman–Crippen MR) is 51.4 cm³/mol. The lowest BCUT2D eigenvalue weighted by atomic mass is 10.1. The van der Waals surface area contributed by atoms with Crippen molar-refractivity contribution in [3.8, 4) is 0 Å². The minimum Gasteiger partial charge on any atom is -0.233 e. The molecule has 0 saturated carbocycles. The molecule has 0 aliphatic carbocycles. The Morgan fingerprint density at radius 2 is 1.86 bits per heavy atom. The van der Waals surface area contributed by atoms with Crippen molar-refractivity contribution in [3.63, 3.8) is 0 Å². The highest BCUT2D eigenvalue weighted by molar-refractivity contribution is 6.30. The summed E-state index contributed by atoms with van der Waals surface area (Å²) in [6.45, 7) is 1.69. The van der Waals surface area contributed by atoms with Gasteiger partial charge in [0.05, 0.1) is 0 Å². The molecule has 4 heteroatoms. The third-order valence-corrected chi connectivity index (χ3v) is 2.39. The van der Waals surface area contributed by atoms with Gasteiger partial charge < -0.3 is 0 Å². The molecule has 0 radical (unpaired) electrons. The lowest BCUT2D eigenvalue weighted by Crippen LogP contribution is -1.90. The van der Waals surface area contributed by atoms with Crippen molar-refractivity contribution in [3.05, 3.63) is 40.6 Å². The first-order valence-corrected chi connectivity index (χ1v) is 4.38. The van der Waals surface area contributed by atoms with Gasteiger partial charge in [0.1, 0.15) is 22.3 Å². The number of fused-ring (bicyclic) bond motifs is 1. The fourth-order valence-corrected chi connectivity index (χ4v) is 1.41. The zero-order valence-electron chi connectivity index (χ0n) is 7.31. The van der Waals surface area contributed by atoms with Gasteiger partial charge in [-0.15, -0.1) is 0 Å². The molecule has 0 fully saturated rings. The quantitative estimate of drug-likeness (QED) is 0.611. The SMILES string of the molecule is Cc1cc2c(F)ccc(F)c2nc1Cl. The Kier molecular flexibility index (Phi) is 2.11. The van der Waals surface area contributed by atoms with Crippen molar-refractivity contribution in [2.24, 2.45) is 0 Å². The van der Waals surface area contributed by atoms with Crippen LogP contribution in [0.1, 0.15) is 5.56 Å². The molecule has 0 amide bonds. The molecule has 2 aromatic rings. The average Bonchev–Trinajstić information content (AvgIpc) is 2.15. The number of pyridine rings is 1. The van der Waals surface area contributed by atoms with Crippen LogP contribution in [-0.4, -0.2) is 4.98 Å². The molecule has 0 spiro atoms. The van der Waals surface area contributed by atoms with Crippen LogP contribution in [0.2, 0.25) is 5.15 Å². The van der Waals surface area contributed by atoms with Crippen molar-refractivity contribution in [2.45, 2.75) is 6.92 Å². The van der Waals surface area contributed by atoms with Crippen molar-refractivity contribution in [2.75, 3.05) is 0 Å². The number of benzene rings is 1. The summed E-state index contributed by atoms with van der Waals surface area (Å²) in [4.78, 5) is 3.79. The molecule has 72 valence electrons. The van der Waals surface area contributed by atoms with Gasteiger partial charge in [-0.05, 0) is 30.7 Å². The van der Waals surface area contributed by atoms with Crippen molar-refractivity contribution in [1.82, 2.24) is 4.98 Å². The summed E-state index contributed by atoms with van der Waals surface area (Å²) in [7, 11) is 0. The smallest absolute Gasteiger partial charge is 0.149 e. The van der Waals surface area contributed by atoms with E-state index in [9.17, 15) is 8.78 Å². The van der Waals surface area contributed by atoms with Crippen molar-refractivity contribution >= 4 is 22.5 Å². The Morgan fingerprint density at radius 1 is 1.21 bits per heavy atom. The molecule has 1 heterocycles. The van der Waals surface area contributed by atoms with Crippen molar-refractivity contribution < 1.29 is 8.78 Å². The second-order valence-corrected chi connectivity index (χ2v) is 3.38. The Morgan fingerprint density at radius 3 is 2.57 bits per heavy atom. The molecule has 0 saturated heterocycles. The monoisotopic (exact) mass is 213 g/mol. The van der Waals surface area contributed by atoms with Gasteiger partial charge in [0.2, 0.25) is 0 Å². The number of hydrogen-bond acceptors (Lipinski definition) is 1. The van der Waals surface area contributed by atoms with Gasteiger partial charge in [0.25, 0.3) is 0 Å². The number of nitrogens with zero attached hydrogens (tertiary/aromatic N) is 1. The van der Waals surface area contributed by atoms with Crippen molar-refractivity contribution in [1.29, 1.82) is 0 Å². The second kappa shape index (κ2) is 3.17. The first-order valence-electron chi connectivity index (χ1n) is 4.00. The Bertz CT molecular complexity index is 464. The highest BCUT2D eigenvalue weighted by Crippen LogP contribution is 2.23. The molecule has 1 nitrogen and oxygen atoms in total. The summed E-state index contributed by atoms with van der Waals surface area (Å²) in [5, 5.41) is 0.355. The zero-order chi connectivity index (χ0) is 10.3. The van der Waals surface area contributed by atoms with Gasteiger partial charge in [0, 0.05) is 5.39 Å². The minimum atomic E-state index is -0.566. The van der Waals surface area contributed by atoms with Crippen LogP contribution >= 0.6 is 11.6 Å². The normalized spacial score (nSPS) is 10.9. The summed E-state index contributed by atoms with van der Waals surface area (Å²) in [6.07, 6.45) is 0. The first kappa shape index (κ1) is 9.34. The number of aryl methyl sites for hydroxylation is 1. The van der Waals surface area contributed by atoms with Gasteiger partial charge in [-0.25, -0.2) is 13.8 Å². The van der Waals surface area contributed by atoms with Crippen LogP contribution < -0.4 is 0 Å². The topological polar surface area (TPSA) is 12.9 Å². The molecule has 0 aliphatic heterocycles. The highest BCUT2D eigenvalue weighted by Gasteiger charge is 2.09. The molecule has 14 heavy (non-hydrogen) atoms. The zero-order valence-corrected chi connectivity index (χ0v) is 8.07. The molecule has 0 unspecified atom stereocenters. The average molecular weight is 214 g/mol. The van der Waals surface area contributed by atoms with E-state index in [1.807, 2.05) is 0 Å². The second-order valence-electron chi connectivity index (χ2n) is 3.02. The van der Waals surface area contributed by atoms with Crippen LogP contribution in [0.25, 0.3) is 10.9 Å². The van der Waals surface area contributed by atoms with Gasteiger partial charge in [-0.1, -0.05) is 11.6 Å². The van der Waals surface area contributed by atoms with Crippen LogP contribution in [0.4, 0.5) is 8.78 Å². The Balaban J connectivity index is 2.94. The minimum absolute atomic E-state index is 0.0272. The molecule has 0 bridgehead atoms. The number of rotatable bonds is 0. The Labute approximate surface area is 84.3 Å². The van der Waals surface area contributed by atoms with Gasteiger partial charge in [0.15, 0.2) is 0 Å². The largest absolute Gasteiger partial charge is 0.233 e. The van der Waals surface area contributed by atoms with E-state index in [1.54, 1.807) is 6.92 Å². The Hall–Kier alpha value is -1.22. The fourth-order valence-electron chi connectivity index (χ4n) is 1.27. The maximum absolute atomic E-state index is 13.2. The van der Waals surface area contributed by atoms with E-state index in [0.717, 1.165) is 12.1 Å². The molecule has 0 atom stereocenters. The van der Waals surface area contributed by atoms with Crippen LogP contribution in [-0.2, 0) is 0 Å². The summed E-state index contributed by atoms with van der Waals surface area (Å²) in [6, 6.07) is 3.60. The summed E-state index contributed by atoms with van der Waals surface area (Å²) < 4.78 is 26.4. The van der Waals surface area contributed by atoms with Gasteiger partial charge in [-0.3, -0.25) is 0 Å². The summed E-state index contributed by atoms with van der Waals surface area (Å²) in [5.41, 5.74) is 0.601. The van der Waals surface area contributed by atoms with E-state index in [2.05, 4.69) is 4.98 Å². The maximum Gasteiger partial charge on any atom is 0.149 e. The van der Waals surface area contributed by atoms with E-state index in [4.69, 9.17) is 11.6 Å². The van der Waals surface area contributed by atoms with E-state index in [0.29, 0.717) is 5.56 Å².